The number of nitrogens with zero attached hydrogens (tertiary/aromatic N) is 3. The van der Waals surface area contributed by atoms with Crippen molar-refractivity contribution >= 4 is 17.0 Å². The van der Waals surface area contributed by atoms with Gasteiger partial charge >= 0.3 is 0 Å². The molecule has 2 aromatic rings. The summed E-state index contributed by atoms with van der Waals surface area (Å²) in [6, 6.07) is 0.390. The fourth-order valence-corrected chi connectivity index (χ4v) is 2.99. The number of ether oxygens (including phenoxy) is 1. The van der Waals surface area contributed by atoms with Gasteiger partial charge in [0.2, 0.25) is 5.95 Å². The molecular weight excluding hydrogens is 296 g/mol. The van der Waals surface area contributed by atoms with Crippen LogP contribution in [0.5, 0.6) is 0 Å². The Hall–Kier alpha value is -1.93. The number of morpholine rings is 1. The lowest BCUT2D eigenvalue weighted by molar-refractivity contribution is 0.0150. The summed E-state index contributed by atoms with van der Waals surface area (Å²) in [5, 5.41) is 10.3. The molecule has 1 unspecified atom stereocenters. The SMILES string of the molecule is CC(C)CC(CNc1nc2[nH]ncc2c(=O)[nH]1)N1CCOCC1. The predicted molar refractivity (Wildman–Crippen MR) is 88.6 cm³/mol. The number of rotatable bonds is 6. The summed E-state index contributed by atoms with van der Waals surface area (Å²) < 4.78 is 5.44. The summed E-state index contributed by atoms with van der Waals surface area (Å²) in [7, 11) is 0. The van der Waals surface area contributed by atoms with E-state index >= 15 is 0 Å². The number of anilines is 1. The van der Waals surface area contributed by atoms with Crippen molar-refractivity contribution in [1.29, 1.82) is 0 Å². The molecule has 0 aromatic carbocycles. The quantitative estimate of drug-likeness (QED) is 0.728. The molecule has 0 saturated carbocycles. The molecule has 1 atom stereocenters. The van der Waals surface area contributed by atoms with Gasteiger partial charge in [0, 0.05) is 25.7 Å². The number of fused-ring (bicyclic) bond motifs is 1. The van der Waals surface area contributed by atoms with Crippen LogP contribution >= 0.6 is 0 Å². The lowest BCUT2D eigenvalue weighted by Crippen LogP contribution is -2.47. The topological polar surface area (TPSA) is 98.9 Å². The Balaban J connectivity index is 1.70. The molecule has 126 valence electrons. The van der Waals surface area contributed by atoms with Crippen molar-refractivity contribution in [2.45, 2.75) is 26.3 Å². The molecule has 1 saturated heterocycles. The van der Waals surface area contributed by atoms with Crippen molar-refractivity contribution in [3.63, 3.8) is 0 Å². The monoisotopic (exact) mass is 320 g/mol. The van der Waals surface area contributed by atoms with E-state index in [-0.39, 0.29) is 5.56 Å². The van der Waals surface area contributed by atoms with Crippen molar-refractivity contribution in [2.75, 3.05) is 38.2 Å². The van der Waals surface area contributed by atoms with E-state index in [1.807, 2.05) is 0 Å². The molecule has 1 fully saturated rings. The number of hydrogen-bond acceptors (Lipinski definition) is 6. The van der Waals surface area contributed by atoms with Crippen LogP contribution in [0.15, 0.2) is 11.0 Å². The molecule has 1 aliphatic rings. The highest BCUT2D eigenvalue weighted by Gasteiger charge is 2.22. The van der Waals surface area contributed by atoms with Crippen molar-refractivity contribution in [3.8, 4) is 0 Å². The van der Waals surface area contributed by atoms with Gasteiger partial charge in [-0.1, -0.05) is 13.8 Å². The smallest absolute Gasteiger partial charge is 0.263 e. The molecule has 0 aliphatic carbocycles. The minimum Gasteiger partial charge on any atom is -0.379 e. The molecule has 0 radical (unpaired) electrons. The molecule has 0 amide bonds. The lowest BCUT2D eigenvalue weighted by Gasteiger charge is -2.35. The van der Waals surface area contributed by atoms with Gasteiger partial charge in [0.1, 0.15) is 5.39 Å². The molecule has 23 heavy (non-hydrogen) atoms. The molecule has 0 bridgehead atoms. The fraction of sp³-hybridized carbons (Fsp3) is 0.667. The van der Waals surface area contributed by atoms with E-state index < -0.39 is 0 Å². The normalized spacial score (nSPS) is 17.7. The first-order valence-corrected chi connectivity index (χ1v) is 8.12. The highest BCUT2D eigenvalue weighted by Crippen LogP contribution is 2.14. The van der Waals surface area contributed by atoms with Crippen LogP contribution in [0.1, 0.15) is 20.3 Å². The third-order valence-electron chi connectivity index (χ3n) is 4.13. The second kappa shape index (κ2) is 7.10. The average molecular weight is 320 g/mol. The summed E-state index contributed by atoms with van der Waals surface area (Å²) >= 11 is 0. The van der Waals surface area contributed by atoms with E-state index in [1.54, 1.807) is 0 Å². The number of aromatic amines is 2. The Morgan fingerprint density at radius 2 is 2.17 bits per heavy atom. The maximum Gasteiger partial charge on any atom is 0.263 e. The molecule has 8 heteroatoms. The van der Waals surface area contributed by atoms with E-state index in [0.29, 0.717) is 28.9 Å². The van der Waals surface area contributed by atoms with Gasteiger partial charge in [-0.25, -0.2) is 0 Å². The maximum atomic E-state index is 12.0. The zero-order valence-corrected chi connectivity index (χ0v) is 13.6. The van der Waals surface area contributed by atoms with Crippen LogP contribution < -0.4 is 10.9 Å². The van der Waals surface area contributed by atoms with Crippen molar-refractivity contribution < 1.29 is 4.74 Å². The zero-order chi connectivity index (χ0) is 16.2. The Kier molecular flexibility index (Phi) is 4.92. The van der Waals surface area contributed by atoms with Gasteiger partial charge in [0.05, 0.1) is 19.4 Å². The summed E-state index contributed by atoms with van der Waals surface area (Å²) in [5.74, 6) is 1.08. The summed E-state index contributed by atoms with van der Waals surface area (Å²) in [5.41, 5.74) is 0.320. The lowest BCUT2D eigenvalue weighted by atomic mass is 10.0. The van der Waals surface area contributed by atoms with Crippen LogP contribution in [0.25, 0.3) is 11.0 Å². The van der Waals surface area contributed by atoms with E-state index in [0.717, 1.165) is 39.3 Å². The van der Waals surface area contributed by atoms with Gasteiger partial charge in [-0.05, 0) is 12.3 Å². The molecule has 3 heterocycles. The van der Waals surface area contributed by atoms with Crippen LogP contribution in [0.3, 0.4) is 0 Å². The Bertz CT molecular complexity index is 689. The van der Waals surface area contributed by atoms with Gasteiger partial charge in [-0.15, -0.1) is 0 Å². The second-order valence-electron chi connectivity index (χ2n) is 6.36. The van der Waals surface area contributed by atoms with Gasteiger partial charge in [0.25, 0.3) is 5.56 Å². The number of aromatic nitrogens is 4. The van der Waals surface area contributed by atoms with Gasteiger partial charge in [-0.3, -0.25) is 19.8 Å². The van der Waals surface area contributed by atoms with Crippen LogP contribution in [-0.4, -0.2) is 64.0 Å². The second-order valence-corrected chi connectivity index (χ2v) is 6.36. The number of H-pyrrole nitrogens is 2. The standard InChI is InChI=1S/C15H24N6O2/c1-10(2)7-11(21-3-5-23-6-4-21)8-16-15-18-13-12(9-17-20-13)14(22)19-15/h9-11H,3-8H2,1-2H3,(H3,16,17,18,19,20,22). The average Bonchev–Trinajstić information content (AvgIpc) is 3.01. The maximum absolute atomic E-state index is 12.0. The summed E-state index contributed by atoms with van der Waals surface area (Å²) in [4.78, 5) is 21.5. The van der Waals surface area contributed by atoms with Crippen LogP contribution in [0, 0.1) is 5.92 Å². The Morgan fingerprint density at radius 3 is 2.91 bits per heavy atom. The molecule has 3 N–H and O–H groups in total. The van der Waals surface area contributed by atoms with E-state index in [9.17, 15) is 4.79 Å². The van der Waals surface area contributed by atoms with Gasteiger partial charge in [-0.2, -0.15) is 10.1 Å². The van der Waals surface area contributed by atoms with Gasteiger partial charge < -0.3 is 10.1 Å². The van der Waals surface area contributed by atoms with Crippen molar-refractivity contribution in [2.24, 2.45) is 5.92 Å². The highest BCUT2D eigenvalue weighted by molar-refractivity contribution is 5.73. The number of hydrogen-bond donors (Lipinski definition) is 3. The molecular formula is C15H24N6O2. The van der Waals surface area contributed by atoms with Crippen LogP contribution in [0.2, 0.25) is 0 Å². The van der Waals surface area contributed by atoms with Crippen molar-refractivity contribution in [3.05, 3.63) is 16.6 Å². The summed E-state index contributed by atoms with van der Waals surface area (Å²) in [6.45, 7) is 8.65. The molecule has 2 aromatic heterocycles. The molecule has 0 spiro atoms. The van der Waals surface area contributed by atoms with E-state index in [1.165, 1.54) is 6.20 Å². The highest BCUT2D eigenvalue weighted by atomic mass is 16.5. The third kappa shape index (κ3) is 3.89. The van der Waals surface area contributed by atoms with Crippen LogP contribution in [-0.2, 0) is 4.74 Å². The minimum atomic E-state index is -0.182. The first kappa shape index (κ1) is 15.9. The number of nitrogens with one attached hydrogen (secondary N) is 3. The predicted octanol–water partition coefficient (Wildman–Crippen LogP) is 0.805. The molecule has 8 nitrogen and oxygen atoms in total. The fourth-order valence-electron chi connectivity index (χ4n) is 2.99. The Morgan fingerprint density at radius 1 is 1.39 bits per heavy atom. The first-order chi connectivity index (χ1) is 11.1. The van der Waals surface area contributed by atoms with Crippen LogP contribution in [0.4, 0.5) is 5.95 Å². The third-order valence-corrected chi connectivity index (χ3v) is 4.13. The minimum absolute atomic E-state index is 0.182. The molecule has 1 aliphatic heterocycles. The van der Waals surface area contributed by atoms with E-state index in [4.69, 9.17) is 4.74 Å². The van der Waals surface area contributed by atoms with Crippen molar-refractivity contribution in [1.82, 2.24) is 25.1 Å². The zero-order valence-electron chi connectivity index (χ0n) is 13.6. The largest absolute Gasteiger partial charge is 0.379 e. The van der Waals surface area contributed by atoms with Gasteiger partial charge in [0.15, 0.2) is 5.65 Å². The summed E-state index contributed by atoms with van der Waals surface area (Å²) in [6.07, 6.45) is 2.57. The molecule has 3 rings (SSSR count). The Labute approximate surface area is 134 Å². The van der Waals surface area contributed by atoms with E-state index in [2.05, 4.69) is 44.2 Å². The first-order valence-electron chi connectivity index (χ1n) is 8.12.